The predicted octanol–water partition coefficient (Wildman–Crippen LogP) is 3.83. The van der Waals surface area contributed by atoms with E-state index in [4.69, 9.17) is 27.9 Å². The second-order valence-electron chi connectivity index (χ2n) is 5.54. The normalized spacial score (nSPS) is 10.6. The summed E-state index contributed by atoms with van der Waals surface area (Å²) < 4.78 is 5.09. The van der Waals surface area contributed by atoms with Crippen LogP contribution >= 0.6 is 23.2 Å². The van der Waals surface area contributed by atoms with Crippen molar-refractivity contribution in [1.29, 1.82) is 0 Å². The average Bonchev–Trinajstić information content (AvgIpc) is 2.62. The molecule has 0 fully saturated rings. The van der Waals surface area contributed by atoms with E-state index in [0.29, 0.717) is 32.3 Å². The summed E-state index contributed by atoms with van der Waals surface area (Å²) in [5.41, 5.74) is 1.39. The number of fused-ring (bicyclic) bond motifs is 1. The molecule has 0 atom stereocenters. The molecule has 1 aromatic heterocycles. The summed E-state index contributed by atoms with van der Waals surface area (Å²) in [5.74, 6) is -1.89. The van der Waals surface area contributed by atoms with E-state index in [1.807, 2.05) is 0 Å². The highest BCUT2D eigenvalue weighted by Crippen LogP contribution is 2.35. The van der Waals surface area contributed by atoms with E-state index in [1.165, 1.54) is 18.3 Å². The lowest BCUT2D eigenvalue weighted by atomic mass is 10.1. The summed E-state index contributed by atoms with van der Waals surface area (Å²) in [6.07, 6.45) is 1.35. The van der Waals surface area contributed by atoms with Gasteiger partial charge in [0.25, 0.3) is 0 Å². The molecule has 0 aliphatic rings. The molecule has 1 heterocycles. The van der Waals surface area contributed by atoms with Crippen LogP contribution in [-0.4, -0.2) is 23.5 Å². The van der Waals surface area contributed by atoms with Crippen LogP contribution in [0.4, 0.5) is 11.4 Å². The molecule has 6 nitrogen and oxygen atoms in total. The van der Waals surface area contributed by atoms with E-state index in [1.54, 1.807) is 31.2 Å². The molecular formula is C19H13Cl2N2O4-. The maximum Gasteiger partial charge on any atom is 0.341 e. The third-order valence-electron chi connectivity index (χ3n) is 3.75. The highest BCUT2D eigenvalue weighted by atomic mass is 35.5. The third-order valence-corrected chi connectivity index (χ3v) is 4.26. The van der Waals surface area contributed by atoms with Crippen LogP contribution in [0, 0.1) is 0 Å². The van der Waals surface area contributed by atoms with Crippen molar-refractivity contribution < 1.29 is 19.4 Å². The van der Waals surface area contributed by atoms with E-state index in [9.17, 15) is 14.7 Å². The van der Waals surface area contributed by atoms with Gasteiger partial charge in [0.05, 0.1) is 28.8 Å². The van der Waals surface area contributed by atoms with Gasteiger partial charge >= 0.3 is 5.97 Å². The zero-order valence-electron chi connectivity index (χ0n) is 14.1. The SMILES string of the molecule is CCOC(=O)c1cnc2c(Cl)cc(Cl)cc2c1Nc1cccc(C(=O)[O-])c1. The average molecular weight is 404 g/mol. The summed E-state index contributed by atoms with van der Waals surface area (Å²) in [5, 5.41) is 15.3. The molecular weight excluding hydrogens is 391 g/mol. The number of nitrogens with zero attached hydrogens (tertiary/aromatic N) is 1. The lowest BCUT2D eigenvalue weighted by molar-refractivity contribution is -0.255. The number of pyridine rings is 1. The van der Waals surface area contributed by atoms with E-state index in [0.717, 1.165) is 0 Å². The van der Waals surface area contributed by atoms with Gasteiger partial charge in [-0.25, -0.2) is 4.79 Å². The summed E-state index contributed by atoms with van der Waals surface area (Å²) in [6.45, 7) is 1.88. The number of carboxylic acid groups (broad SMARTS) is 1. The van der Waals surface area contributed by atoms with Crippen molar-refractivity contribution in [3.05, 3.63) is 63.8 Å². The standard InChI is InChI=1S/C19H14Cl2N2O4/c1-2-27-19(26)14-9-22-17-13(7-11(20)8-15(17)21)16(14)23-12-5-3-4-10(6-12)18(24)25/h3-9H,2H2,1H3,(H,22,23)(H,24,25)/p-1. The number of carboxylic acids is 1. The number of halogens is 2. The number of ether oxygens (including phenoxy) is 1. The van der Waals surface area contributed by atoms with Crippen molar-refractivity contribution in [1.82, 2.24) is 4.98 Å². The zero-order valence-corrected chi connectivity index (χ0v) is 15.6. The van der Waals surface area contributed by atoms with Crippen molar-refractivity contribution >= 4 is 57.4 Å². The number of hydrogen-bond acceptors (Lipinski definition) is 6. The van der Waals surface area contributed by atoms with Crippen LogP contribution in [0.5, 0.6) is 0 Å². The van der Waals surface area contributed by atoms with E-state index in [-0.39, 0.29) is 17.7 Å². The molecule has 3 aromatic rings. The second kappa shape index (κ2) is 7.82. The first-order chi connectivity index (χ1) is 12.9. The smallest absolute Gasteiger partial charge is 0.341 e. The molecule has 1 N–H and O–H groups in total. The third kappa shape index (κ3) is 3.97. The van der Waals surface area contributed by atoms with Gasteiger partial charge in [0.15, 0.2) is 0 Å². The minimum absolute atomic E-state index is 0.00730. The van der Waals surface area contributed by atoms with Crippen LogP contribution in [0.2, 0.25) is 10.0 Å². The maximum atomic E-state index is 12.4. The lowest BCUT2D eigenvalue weighted by Crippen LogP contribution is -2.22. The summed E-state index contributed by atoms with van der Waals surface area (Å²) in [7, 11) is 0. The molecule has 8 heteroatoms. The van der Waals surface area contributed by atoms with Crippen LogP contribution in [0.3, 0.4) is 0 Å². The molecule has 3 rings (SSSR count). The van der Waals surface area contributed by atoms with Crippen LogP contribution in [0.15, 0.2) is 42.6 Å². The number of carbonyl (C=O) groups is 2. The van der Waals surface area contributed by atoms with Gasteiger partial charge in [0.1, 0.15) is 5.56 Å². The minimum atomic E-state index is -1.31. The van der Waals surface area contributed by atoms with Crippen LogP contribution in [-0.2, 0) is 4.74 Å². The summed E-state index contributed by atoms with van der Waals surface area (Å²) >= 11 is 12.3. The molecule has 0 aliphatic heterocycles. The molecule has 0 amide bonds. The molecule has 138 valence electrons. The molecule has 0 radical (unpaired) electrons. The Balaban J connectivity index is 2.21. The number of carbonyl (C=O) groups excluding carboxylic acids is 2. The molecule has 0 spiro atoms. The van der Waals surface area contributed by atoms with Gasteiger partial charge in [-0.05, 0) is 36.8 Å². The largest absolute Gasteiger partial charge is 0.545 e. The fourth-order valence-corrected chi connectivity index (χ4v) is 3.14. The van der Waals surface area contributed by atoms with Gasteiger partial charge in [0, 0.05) is 22.3 Å². The van der Waals surface area contributed by atoms with Crippen LogP contribution < -0.4 is 10.4 Å². The van der Waals surface area contributed by atoms with Crippen molar-refractivity contribution in [3.8, 4) is 0 Å². The highest BCUT2D eigenvalue weighted by molar-refractivity contribution is 6.38. The van der Waals surface area contributed by atoms with E-state index < -0.39 is 11.9 Å². The van der Waals surface area contributed by atoms with Crippen LogP contribution in [0.1, 0.15) is 27.6 Å². The lowest BCUT2D eigenvalue weighted by Gasteiger charge is -2.15. The second-order valence-corrected chi connectivity index (χ2v) is 6.39. The first-order valence-electron chi connectivity index (χ1n) is 7.94. The van der Waals surface area contributed by atoms with Gasteiger partial charge in [-0.3, -0.25) is 4.98 Å². The monoisotopic (exact) mass is 403 g/mol. The Kier molecular flexibility index (Phi) is 5.48. The Morgan fingerprint density at radius 3 is 2.70 bits per heavy atom. The molecule has 0 unspecified atom stereocenters. The zero-order chi connectivity index (χ0) is 19.6. The topological polar surface area (TPSA) is 91.3 Å². The molecule has 0 bridgehead atoms. The number of hydrogen-bond donors (Lipinski definition) is 1. The van der Waals surface area contributed by atoms with E-state index in [2.05, 4.69) is 10.3 Å². The van der Waals surface area contributed by atoms with Gasteiger partial charge in [0.2, 0.25) is 0 Å². The number of aromatic carboxylic acids is 1. The van der Waals surface area contributed by atoms with Gasteiger partial charge in [-0.15, -0.1) is 0 Å². The molecule has 0 saturated heterocycles. The molecule has 0 saturated carbocycles. The quantitative estimate of drug-likeness (QED) is 0.650. The fraction of sp³-hybridized carbons (Fsp3) is 0.105. The van der Waals surface area contributed by atoms with Crippen molar-refractivity contribution in [2.45, 2.75) is 6.92 Å². The first kappa shape index (κ1) is 18.9. The molecule has 0 aliphatic carbocycles. The fourth-order valence-electron chi connectivity index (χ4n) is 2.59. The number of benzene rings is 2. The Morgan fingerprint density at radius 1 is 1.22 bits per heavy atom. The Hall–Kier alpha value is -2.83. The summed E-state index contributed by atoms with van der Waals surface area (Å²) in [6, 6.07) is 9.17. The number of nitrogens with one attached hydrogen (secondary N) is 1. The maximum absolute atomic E-state index is 12.4. The molecule has 2 aromatic carbocycles. The Labute approximate surface area is 164 Å². The highest BCUT2D eigenvalue weighted by Gasteiger charge is 2.19. The number of anilines is 2. The van der Waals surface area contributed by atoms with E-state index >= 15 is 0 Å². The minimum Gasteiger partial charge on any atom is -0.545 e. The van der Waals surface area contributed by atoms with Gasteiger partial charge in [-0.1, -0.05) is 35.3 Å². The van der Waals surface area contributed by atoms with Gasteiger partial charge in [-0.2, -0.15) is 0 Å². The number of aromatic nitrogens is 1. The van der Waals surface area contributed by atoms with Crippen molar-refractivity contribution in [2.24, 2.45) is 0 Å². The molecule has 27 heavy (non-hydrogen) atoms. The Bertz CT molecular complexity index is 1050. The first-order valence-corrected chi connectivity index (χ1v) is 8.69. The predicted molar refractivity (Wildman–Crippen MR) is 102 cm³/mol. The van der Waals surface area contributed by atoms with Crippen molar-refractivity contribution in [3.63, 3.8) is 0 Å². The number of rotatable bonds is 5. The van der Waals surface area contributed by atoms with Crippen molar-refractivity contribution in [2.75, 3.05) is 11.9 Å². The summed E-state index contributed by atoms with van der Waals surface area (Å²) in [4.78, 5) is 27.7. The van der Waals surface area contributed by atoms with Gasteiger partial charge < -0.3 is 20.0 Å². The number of esters is 1. The Morgan fingerprint density at radius 2 is 2.00 bits per heavy atom. The van der Waals surface area contributed by atoms with Crippen LogP contribution in [0.25, 0.3) is 10.9 Å².